The summed E-state index contributed by atoms with van der Waals surface area (Å²) in [5.41, 5.74) is 0. The lowest BCUT2D eigenvalue weighted by Gasteiger charge is -2.19. The minimum atomic E-state index is 0.383. The maximum atomic E-state index is 6.41. The van der Waals surface area contributed by atoms with Crippen LogP contribution in [0.25, 0.3) is 11.0 Å². The number of hydrogen-bond donors (Lipinski definition) is 0. The molecule has 0 aromatic carbocycles. The lowest BCUT2D eigenvalue weighted by atomic mass is 10.2. The van der Waals surface area contributed by atoms with E-state index < -0.39 is 0 Å². The Bertz CT molecular complexity index is 2680. The molecular formula is C38H32O12S6+2. The third kappa shape index (κ3) is 5.58. The maximum Gasteiger partial charge on any atom is 0.298 e. The van der Waals surface area contributed by atoms with Gasteiger partial charge in [-0.25, -0.2) is 0 Å². The van der Waals surface area contributed by atoms with E-state index in [4.69, 9.17) is 69.1 Å². The smallest absolute Gasteiger partial charge is 0.298 e. The van der Waals surface area contributed by atoms with Crippen LogP contribution in [0.5, 0.6) is 46.0 Å². The predicted octanol–water partition coefficient (Wildman–Crippen LogP) is 4.14. The topological polar surface area (TPSA) is 111 Å². The van der Waals surface area contributed by atoms with Crippen LogP contribution in [0, 0.1) is 22.9 Å². The third-order valence-electron chi connectivity index (χ3n) is 9.47. The van der Waals surface area contributed by atoms with Gasteiger partial charge in [-0.1, -0.05) is 0 Å². The van der Waals surface area contributed by atoms with Gasteiger partial charge in [0, 0.05) is 15.8 Å². The van der Waals surface area contributed by atoms with Crippen molar-refractivity contribution in [2.45, 2.75) is 13.8 Å². The monoisotopic (exact) mass is 872 g/mol. The Morgan fingerprint density at radius 1 is 0.500 bits per heavy atom. The molecule has 4 aromatic heterocycles. The van der Waals surface area contributed by atoms with Crippen LogP contribution in [0.4, 0.5) is 0 Å². The van der Waals surface area contributed by atoms with Gasteiger partial charge in [0.2, 0.25) is 28.6 Å². The van der Waals surface area contributed by atoms with Crippen molar-refractivity contribution in [3.05, 3.63) is 60.7 Å². The van der Waals surface area contributed by atoms with Crippen LogP contribution < -0.4 is 47.0 Å². The Labute approximate surface area is 344 Å². The molecule has 0 atom stereocenters. The first-order chi connectivity index (χ1) is 27.5. The zero-order valence-electron chi connectivity index (χ0n) is 30.0. The molecule has 11 rings (SSSR count). The summed E-state index contributed by atoms with van der Waals surface area (Å²) in [5, 5.41) is 0. The van der Waals surface area contributed by atoms with Gasteiger partial charge in [0.25, 0.3) is 14.6 Å². The second kappa shape index (κ2) is 14.0. The van der Waals surface area contributed by atoms with E-state index in [1.807, 2.05) is 19.9 Å². The zero-order chi connectivity index (χ0) is 37.5. The largest absolute Gasteiger partial charge is 0.486 e. The fourth-order valence-electron chi connectivity index (χ4n) is 7.16. The summed E-state index contributed by atoms with van der Waals surface area (Å²) in [6.07, 6.45) is 1.94. The third-order valence-corrected chi connectivity index (χ3v) is 16.1. The van der Waals surface area contributed by atoms with Gasteiger partial charge < -0.3 is 56.8 Å². The van der Waals surface area contributed by atoms with Crippen LogP contribution >= 0.6 is 45.3 Å². The van der Waals surface area contributed by atoms with Gasteiger partial charge in [0.1, 0.15) is 93.6 Å². The van der Waals surface area contributed by atoms with Gasteiger partial charge in [-0.3, -0.25) is 0 Å². The van der Waals surface area contributed by atoms with Crippen molar-refractivity contribution in [1.82, 2.24) is 0 Å². The highest BCUT2D eigenvalue weighted by atomic mass is 32.1. The molecule has 7 aliphatic heterocycles. The second-order valence-electron chi connectivity index (χ2n) is 12.9. The molecule has 0 amide bonds. The summed E-state index contributed by atoms with van der Waals surface area (Å²) >= 11 is 12.9. The Hall–Kier alpha value is -4.20. The number of allylic oxidation sites excluding steroid dienone is 3. The van der Waals surface area contributed by atoms with Crippen LogP contribution in [0.1, 0.15) is 19.5 Å². The van der Waals surface area contributed by atoms with E-state index >= 15 is 0 Å². The minimum Gasteiger partial charge on any atom is -0.486 e. The number of thiophene rings is 4. The molecule has 290 valence electrons. The molecule has 0 bridgehead atoms. The normalized spacial score (nSPS) is 21.1. The summed E-state index contributed by atoms with van der Waals surface area (Å²) < 4.78 is 78.2. The van der Waals surface area contributed by atoms with Crippen molar-refractivity contribution < 1.29 is 56.8 Å². The average molecular weight is 873 g/mol. The standard InChI is InChI=1S/C38H31O12S6/c1-16-20-24(44-8-5-40-20)32(52-16)31(51)22-18(39-3-4-42-22)15-19-23-26(46-10-7-43-23)34(54-19)36-28-30(50-14-12-48-28)38(56-36)37-29-27(47-11-13-49-29)35(55-37)33-25-21(17(2)53-33)41-6-9-45-25/h15H,3-14H2,1-2H3/q+1/p+1/b19-15-. The zero-order valence-corrected chi connectivity index (χ0v) is 34.9. The molecule has 0 aliphatic carbocycles. The lowest BCUT2D eigenvalue weighted by molar-refractivity contribution is 0.0845. The van der Waals surface area contributed by atoms with Crippen molar-refractivity contribution in [3.8, 4) is 46.0 Å². The first-order valence-electron chi connectivity index (χ1n) is 18.0. The summed E-state index contributed by atoms with van der Waals surface area (Å²) in [5.74, 6) is 8.02. The number of fused-ring (bicyclic) bond motifs is 4. The van der Waals surface area contributed by atoms with E-state index in [9.17, 15) is 0 Å². The van der Waals surface area contributed by atoms with E-state index in [0.29, 0.717) is 136 Å². The van der Waals surface area contributed by atoms with Gasteiger partial charge in [-0.05, 0) is 13.8 Å². The van der Waals surface area contributed by atoms with E-state index in [1.165, 1.54) is 11.3 Å². The van der Waals surface area contributed by atoms with Crippen molar-refractivity contribution in [2.75, 3.05) is 79.3 Å². The molecule has 11 heterocycles. The van der Waals surface area contributed by atoms with Crippen molar-refractivity contribution in [3.63, 3.8) is 0 Å². The highest BCUT2D eigenvalue weighted by molar-refractivity contribution is 7.90. The number of rotatable bonds is 4. The Balaban J connectivity index is 1.11. The van der Waals surface area contributed by atoms with Gasteiger partial charge in [0.05, 0.1) is 13.6 Å². The first kappa shape index (κ1) is 35.0. The molecule has 0 saturated heterocycles. The molecule has 0 saturated carbocycles. The Morgan fingerprint density at radius 2 is 1.02 bits per heavy atom. The molecule has 4 aromatic rings. The summed E-state index contributed by atoms with van der Waals surface area (Å²) in [4.78, 5) is 6.32. The van der Waals surface area contributed by atoms with Gasteiger partial charge in [-0.15, -0.1) is 45.3 Å². The fraction of sp³-hybridized carbons (Fsp3) is 0.368. The number of aryl methyl sites for hydroxylation is 2. The predicted molar refractivity (Wildman–Crippen MR) is 218 cm³/mol. The second-order valence-corrected chi connectivity index (χ2v) is 18.9. The molecule has 0 N–H and O–H groups in total. The van der Waals surface area contributed by atoms with Crippen molar-refractivity contribution in [2.24, 2.45) is 0 Å². The molecule has 0 unspecified atom stereocenters. The fourth-order valence-corrected chi connectivity index (χ4v) is 13.5. The van der Waals surface area contributed by atoms with Crippen LogP contribution in [0.15, 0.2) is 23.0 Å². The summed E-state index contributed by atoms with van der Waals surface area (Å²) in [6, 6.07) is 0. The highest BCUT2D eigenvalue weighted by Gasteiger charge is 2.47. The van der Waals surface area contributed by atoms with Crippen LogP contribution in [0.2, 0.25) is 0 Å². The van der Waals surface area contributed by atoms with Gasteiger partial charge in [-0.2, -0.15) is 0 Å². The number of ether oxygens (including phenoxy) is 12. The van der Waals surface area contributed by atoms with E-state index in [0.717, 1.165) is 64.7 Å². The van der Waals surface area contributed by atoms with Crippen molar-refractivity contribution >= 4 is 89.6 Å². The number of hydrogen-bond acceptors (Lipinski definition) is 16. The molecule has 56 heavy (non-hydrogen) atoms. The van der Waals surface area contributed by atoms with Gasteiger partial charge >= 0.3 is 0 Å². The number of thiol groups is 1. The average Bonchev–Trinajstić information content (AvgIpc) is 4.06. The Kier molecular flexibility index (Phi) is 8.76. The first-order valence-corrected chi connectivity index (χ1v) is 22.5. The van der Waals surface area contributed by atoms with Crippen LogP contribution in [-0.2, 0) is 42.5 Å². The SMILES string of the molecule is Cc1sc(C(=[SH+])C2=C(/C=c3\s/c(=c4/s/c(=C5/[S+]=C(c6sc(C)c7c6OCCO7)C6=C5OCCO6)c5c4OCCO5)c4c3OCCO4)OCCO2)c2c1OCCO2. The molecular weight excluding hydrogens is 841 g/mol. The van der Waals surface area contributed by atoms with Crippen LogP contribution in [-0.4, -0.2) is 89.0 Å². The van der Waals surface area contributed by atoms with E-state index in [2.05, 4.69) is 0 Å². The summed E-state index contributed by atoms with van der Waals surface area (Å²) in [7, 11) is 0. The molecule has 0 fully saturated rings. The maximum absolute atomic E-state index is 6.41. The quantitative estimate of drug-likeness (QED) is 0.127. The van der Waals surface area contributed by atoms with E-state index in [1.54, 1.807) is 45.4 Å². The van der Waals surface area contributed by atoms with E-state index in [-0.39, 0.29) is 0 Å². The molecule has 0 spiro atoms. The van der Waals surface area contributed by atoms with Crippen molar-refractivity contribution in [1.29, 1.82) is 0 Å². The van der Waals surface area contributed by atoms with Gasteiger partial charge in [0.15, 0.2) is 64.0 Å². The summed E-state index contributed by atoms with van der Waals surface area (Å²) in [6.45, 7) is 9.33. The minimum absolute atomic E-state index is 0.383. The highest BCUT2D eigenvalue weighted by Crippen LogP contribution is 2.48. The lowest BCUT2D eigenvalue weighted by Crippen LogP contribution is -2.22. The molecule has 12 nitrogen and oxygen atoms in total. The molecule has 18 heteroatoms. The molecule has 7 aliphatic rings. The Morgan fingerprint density at radius 3 is 1.77 bits per heavy atom. The molecule has 0 radical (unpaired) electrons. The van der Waals surface area contributed by atoms with Crippen LogP contribution in [0.3, 0.4) is 0 Å².